The lowest BCUT2D eigenvalue weighted by atomic mass is 9.59. The Balaban J connectivity index is 1.54. The van der Waals surface area contributed by atoms with Gasteiger partial charge in [-0.15, -0.1) is 0 Å². The van der Waals surface area contributed by atoms with Crippen LogP contribution >= 0.6 is 23.2 Å². The Morgan fingerprint density at radius 1 is 0.660 bits per heavy atom. The van der Waals surface area contributed by atoms with E-state index in [0.29, 0.717) is 43.4 Å². The van der Waals surface area contributed by atoms with Crippen LogP contribution in [0.5, 0.6) is 5.75 Å². The van der Waals surface area contributed by atoms with Crippen molar-refractivity contribution in [3.63, 3.8) is 0 Å². The Morgan fingerprint density at radius 3 is 1.50 bits per heavy atom. The Labute approximate surface area is 296 Å². The molecule has 0 radical (unpaired) electrons. The minimum absolute atomic E-state index is 0.0713. The first-order valence-electron chi connectivity index (χ1n) is 15.8. The zero-order valence-corrected chi connectivity index (χ0v) is 27.9. The Hall–Kier alpha value is -5.57. The van der Waals surface area contributed by atoms with Crippen molar-refractivity contribution in [1.82, 2.24) is 0 Å². The molecule has 1 heterocycles. The van der Waals surface area contributed by atoms with Crippen LogP contribution in [0.4, 0.5) is 11.4 Å². The normalized spacial score (nSPS) is 23.8. The second-order valence-electron chi connectivity index (χ2n) is 12.5. The van der Waals surface area contributed by atoms with E-state index in [1.807, 2.05) is 60.7 Å². The van der Waals surface area contributed by atoms with E-state index in [1.54, 1.807) is 48.5 Å². The number of allylic oxidation sites excluding steroid dienone is 2. The van der Waals surface area contributed by atoms with Gasteiger partial charge in [0.15, 0.2) is 5.78 Å². The number of amides is 2. The number of fused-ring (bicyclic) bond motifs is 5. The van der Waals surface area contributed by atoms with E-state index in [-0.39, 0.29) is 22.9 Å². The molecule has 246 valence electrons. The van der Waals surface area contributed by atoms with Crippen molar-refractivity contribution in [3.05, 3.63) is 170 Å². The maximum Gasteiger partial charge on any atom is 0.271 e. The van der Waals surface area contributed by atoms with Crippen LogP contribution in [0.15, 0.2) is 127 Å². The number of non-ortho nitro benzene ring substituents is 1. The first-order chi connectivity index (χ1) is 24.2. The van der Waals surface area contributed by atoms with E-state index >= 15 is 14.4 Å². The SMILES string of the molecule is COc1ccc([N+](=O)[O-])cc1N1C(=O)[C@@H]2[C@@H](C1=O)[C@@]1(c3ccc(Cl)cc3)C(=O)[C@@]2(c2ccc(Cl)cc2)C(c2ccccc2)=C1c1ccccc1. The van der Waals surface area contributed by atoms with E-state index in [0.717, 1.165) is 11.0 Å². The minimum atomic E-state index is -1.68. The highest BCUT2D eigenvalue weighted by atomic mass is 35.5. The van der Waals surface area contributed by atoms with Crippen LogP contribution in [-0.2, 0) is 25.2 Å². The Bertz CT molecular complexity index is 2150. The summed E-state index contributed by atoms with van der Waals surface area (Å²) in [6.45, 7) is 0. The van der Waals surface area contributed by atoms with Crippen molar-refractivity contribution in [2.45, 2.75) is 10.8 Å². The first kappa shape index (κ1) is 31.7. The third kappa shape index (κ3) is 4.09. The topological polar surface area (TPSA) is 107 Å². The highest BCUT2D eigenvalue weighted by Gasteiger charge is 2.83. The number of nitrogens with zero attached hydrogens (tertiary/aromatic N) is 2. The average molecular weight is 702 g/mol. The van der Waals surface area contributed by atoms with Crippen LogP contribution in [0, 0.1) is 22.0 Å². The van der Waals surface area contributed by atoms with Crippen molar-refractivity contribution in [2.24, 2.45) is 11.8 Å². The average Bonchev–Trinajstić information content (AvgIpc) is 3.64. The molecule has 3 aliphatic rings. The molecule has 8 nitrogen and oxygen atoms in total. The Kier molecular flexibility index (Phi) is 7.29. The quantitative estimate of drug-likeness (QED) is 0.0965. The van der Waals surface area contributed by atoms with E-state index in [2.05, 4.69) is 0 Å². The highest BCUT2D eigenvalue weighted by molar-refractivity contribution is 6.39. The van der Waals surface area contributed by atoms with Crippen molar-refractivity contribution in [1.29, 1.82) is 0 Å². The summed E-state index contributed by atoms with van der Waals surface area (Å²) >= 11 is 12.8. The molecule has 1 saturated heterocycles. The van der Waals surface area contributed by atoms with Crippen LogP contribution in [0.1, 0.15) is 22.3 Å². The van der Waals surface area contributed by atoms with Crippen LogP contribution < -0.4 is 9.64 Å². The molecule has 1 saturated carbocycles. The Morgan fingerprint density at radius 2 is 1.10 bits per heavy atom. The van der Waals surface area contributed by atoms with E-state index in [9.17, 15) is 10.1 Å². The molecule has 5 aromatic carbocycles. The number of benzene rings is 5. The fraction of sp³-hybridized carbons (Fsp3) is 0.125. The molecule has 2 aliphatic carbocycles. The van der Waals surface area contributed by atoms with Gasteiger partial charge in [-0.25, -0.2) is 4.90 Å². The molecule has 0 N–H and O–H groups in total. The number of ether oxygens (including phenoxy) is 1. The van der Waals surface area contributed by atoms with Crippen molar-refractivity contribution in [3.8, 4) is 5.75 Å². The zero-order chi connectivity index (χ0) is 34.9. The summed E-state index contributed by atoms with van der Waals surface area (Å²) in [7, 11) is 1.36. The second kappa shape index (κ2) is 11.5. The largest absolute Gasteiger partial charge is 0.495 e. The molecule has 0 spiro atoms. The number of hydrogen-bond acceptors (Lipinski definition) is 6. The van der Waals surface area contributed by atoms with Gasteiger partial charge in [-0.1, -0.05) is 108 Å². The number of rotatable bonds is 7. The molecule has 8 rings (SSSR count). The first-order valence-corrected chi connectivity index (χ1v) is 16.6. The van der Waals surface area contributed by atoms with Gasteiger partial charge in [-0.05, 0) is 63.7 Å². The number of imide groups is 1. The number of ketones is 1. The lowest BCUT2D eigenvalue weighted by Crippen LogP contribution is -2.45. The summed E-state index contributed by atoms with van der Waals surface area (Å²) in [4.78, 5) is 58.8. The number of Topliss-reactive ketones (excluding diaryl/α,β-unsaturated/α-hetero) is 1. The fourth-order valence-corrected chi connectivity index (χ4v) is 8.81. The summed E-state index contributed by atoms with van der Waals surface area (Å²) < 4.78 is 5.55. The van der Waals surface area contributed by atoms with Crippen molar-refractivity contribution in [2.75, 3.05) is 12.0 Å². The molecule has 1 aliphatic heterocycles. The molecule has 2 fully saturated rings. The van der Waals surface area contributed by atoms with Crippen LogP contribution in [0.25, 0.3) is 11.1 Å². The lowest BCUT2D eigenvalue weighted by Gasteiger charge is -2.39. The highest BCUT2D eigenvalue weighted by Crippen LogP contribution is 2.74. The molecule has 2 bridgehead atoms. The number of carbonyl (C=O) groups excluding carboxylic acids is 3. The zero-order valence-electron chi connectivity index (χ0n) is 26.4. The van der Waals surface area contributed by atoms with Gasteiger partial charge in [0.25, 0.3) is 5.69 Å². The standard InChI is InChI=1S/C40H26Cl2N2O6/c1-50-31-21-20-29(44(48)49)22-30(31)43-36(45)34-35(37(43)46)40(26-14-18-28(42)19-15-26)33(24-10-6-3-7-11-24)32(23-8-4-2-5-9-23)39(34,38(40)47)25-12-16-27(41)17-13-25/h2-22,34-35H,1H3/t34-,35-,39-,40-/m0/s1. The monoisotopic (exact) mass is 700 g/mol. The molecule has 50 heavy (non-hydrogen) atoms. The van der Waals surface area contributed by atoms with Gasteiger partial charge in [0, 0.05) is 22.2 Å². The van der Waals surface area contributed by atoms with Crippen LogP contribution in [0.2, 0.25) is 10.0 Å². The minimum Gasteiger partial charge on any atom is -0.495 e. The van der Waals surface area contributed by atoms with E-state index < -0.39 is 39.4 Å². The van der Waals surface area contributed by atoms with Gasteiger partial charge in [0.2, 0.25) is 11.8 Å². The van der Waals surface area contributed by atoms with E-state index in [4.69, 9.17) is 27.9 Å². The smallest absolute Gasteiger partial charge is 0.271 e. The number of anilines is 1. The van der Waals surface area contributed by atoms with Gasteiger partial charge in [0.05, 0.1) is 34.7 Å². The number of halogens is 2. The summed E-state index contributed by atoms with van der Waals surface area (Å²) in [5.74, 6) is -4.06. The molecule has 0 aromatic heterocycles. The molecule has 4 atom stereocenters. The summed E-state index contributed by atoms with van der Waals surface area (Å²) in [6, 6.07) is 36.2. The predicted octanol–water partition coefficient (Wildman–Crippen LogP) is 8.10. The fourth-order valence-electron chi connectivity index (χ4n) is 8.56. The molecule has 5 aromatic rings. The number of nitro groups is 1. The van der Waals surface area contributed by atoms with Crippen molar-refractivity contribution < 1.29 is 24.0 Å². The number of carbonyl (C=O) groups is 3. The summed E-state index contributed by atoms with van der Waals surface area (Å²) in [5.41, 5.74) is -0.167. The predicted molar refractivity (Wildman–Crippen MR) is 190 cm³/mol. The third-order valence-corrected chi connectivity index (χ3v) is 10.8. The second-order valence-corrected chi connectivity index (χ2v) is 13.4. The number of hydrogen-bond donors (Lipinski definition) is 0. The summed E-state index contributed by atoms with van der Waals surface area (Å²) in [5, 5.41) is 12.8. The van der Waals surface area contributed by atoms with Gasteiger partial charge in [-0.3, -0.25) is 24.5 Å². The van der Waals surface area contributed by atoms with Crippen LogP contribution in [-0.4, -0.2) is 29.6 Å². The number of nitro benzene ring substituents is 1. The van der Waals surface area contributed by atoms with E-state index in [1.165, 1.54) is 19.2 Å². The summed E-state index contributed by atoms with van der Waals surface area (Å²) in [6.07, 6.45) is 0. The molecule has 10 heteroatoms. The van der Waals surface area contributed by atoms with Gasteiger partial charge in [0.1, 0.15) is 11.4 Å². The molecule has 0 unspecified atom stereocenters. The third-order valence-electron chi connectivity index (χ3n) is 10.3. The van der Waals surface area contributed by atoms with Gasteiger partial charge in [-0.2, -0.15) is 0 Å². The maximum atomic E-state index is 16.0. The maximum absolute atomic E-state index is 16.0. The van der Waals surface area contributed by atoms with Crippen molar-refractivity contribution >= 4 is 63.3 Å². The molecule has 2 amide bonds. The number of methoxy groups -OCH3 is 1. The molecular formula is C40H26Cl2N2O6. The van der Waals surface area contributed by atoms with Gasteiger partial charge >= 0.3 is 0 Å². The molecular weight excluding hydrogens is 675 g/mol. The van der Waals surface area contributed by atoms with Crippen LogP contribution in [0.3, 0.4) is 0 Å². The lowest BCUT2D eigenvalue weighted by molar-refractivity contribution is -0.384. The van der Waals surface area contributed by atoms with Gasteiger partial charge < -0.3 is 4.74 Å².